The molecule has 1 N–H and O–H groups in total. The first-order valence-electron chi connectivity index (χ1n) is 7.09. The van der Waals surface area contributed by atoms with E-state index >= 15 is 0 Å². The maximum atomic E-state index is 11.9. The normalized spacial score (nSPS) is 9.90. The summed E-state index contributed by atoms with van der Waals surface area (Å²) >= 11 is 0. The molecule has 0 aromatic heterocycles. The van der Waals surface area contributed by atoms with Crippen molar-refractivity contribution in [1.82, 2.24) is 0 Å². The molecule has 0 unspecified atom stereocenters. The Bertz CT molecular complexity index is 636. The second-order valence-electron chi connectivity index (χ2n) is 4.91. The number of anilines is 1. The van der Waals surface area contributed by atoms with E-state index in [2.05, 4.69) is 18.3 Å². The SMILES string of the molecule is CCc1ccc(NC(=O)CCc2ccc(C#N)cc2)cc1. The summed E-state index contributed by atoms with van der Waals surface area (Å²) in [6.45, 7) is 2.10. The minimum Gasteiger partial charge on any atom is -0.326 e. The Labute approximate surface area is 125 Å². The van der Waals surface area contributed by atoms with E-state index in [1.54, 1.807) is 12.1 Å². The maximum absolute atomic E-state index is 11.9. The van der Waals surface area contributed by atoms with Crippen molar-refractivity contribution >= 4 is 11.6 Å². The number of nitrogens with one attached hydrogen (secondary N) is 1. The summed E-state index contributed by atoms with van der Waals surface area (Å²) in [6, 6.07) is 17.3. The van der Waals surface area contributed by atoms with Gasteiger partial charge in [0.25, 0.3) is 0 Å². The molecule has 0 spiro atoms. The molecule has 0 saturated heterocycles. The summed E-state index contributed by atoms with van der Waals surface area (Å²) in [5.41, 5.74) is 3.78. The zero-order chi connectivity index (χ0) is 15.1. The van der Waals surface area contributed by atoms with Crippen LogP contribution in [0.5, 0.6) is 0 Å². The molecule has 0 atom stereocenters. The lowest BCUT2D eigenvalue weighted by Gasteiger charge is -2.06. The largest absolute Gasteiger partial charge is 0.326 e. The number of carbonyl (C=O) groups is 1. The molecular formula is C18H18N2O. The Morgan fingerprint density at radius 3 is 2.24 bits per heavy atom. The van der Waals surface area contributed by atoms with Gasteiger partial charge >= 0.3 is 0 Å². The smallest absolute Gasteiger partial charge is 0.224 e. The quantitative estimate of drug-likeness (QED) is 0.906. The number of amides is 1. The molecule has 21 heavy (non-hydrogen) atoms. The topological polar surface area (TPSA) is 52.9 Å². The Morgan fingerprint density at radius 2 is 1.67 bits per heavy atom. The Kier molecular flexibility index (Phi) is 5.11. The van der Waals surface area contributed by atoms with Crippen LogP contribution in [0.4, 0.5) is 5.69 Å². The Morgan fingerprint density at radius 1 is 1.05 bits per heavy atom. The van der Waals surface area contributed by atoms with Crippen molar-refractivity contribution in [2.45, 2.75) is 26.2 Å². The van der Waals surface area contributed by atoms with E-state index in [9.17, 15) is 4.79 Å². The standard InChI is InChI=1S/C18H18N2O/c1-2-14-7-10-17(11-8-14)20-18(21)12-9-15-3-5-16(13-19)6-4-15/h3-8,10-11H,2,9,12H2,1H3,(H,20,21). The van der Waals surface area contributed by atoms with E-state index in [-0.39, 0.29) is 5.91 Å². The minimum atomic E-state index is 0.00334. The van der Waals surface area contributed by atoms with Gasteiger partial charge in [-0.3, -0.25) is 4.79 Å². The van der Waals surface area contributed by atoms with Crippen molar-refractivity contribution in [1.29, 1.82) is 5.26 Å². The number of carbonyl (C=O) groups excluding carboxylic acids is 1. The lowest BCUT2D eigenvalue weighted by molar-refractivity contribution is -0.116. The van der Waals surface area contributed by atoms with E-state index in [4.69, 9.17) is 5.26 Å². The molecule has 2 aromatic rings. The molecule has 0 radical (unpaired) electrons. The van der Waals surface area contributed by atoms with Crippen LogP contribution in [0, 0.1) is 11.3 Å². The fraction of sp³-hybridized carbons (Fsp3) is 0.222. The molecule has 0 aliphatic carbocycles. The number of benzene rings is 2. The molecule has 0 saturated carbocycles. The van der Waals surface area contributed by atoms with Gasteiger partial charge in [-0.05, 0) is 48.2 Å². The molecule has 0 heterocycles. The van der Waals surface area contributed by atoms with Gasteiger partial charge in [0.15, 0.2) is 0 Å². The second kappa shape index (κ2) is 7.25. The van der Waals surface area contributed by atoms with Gasteiger partial charge in [-0.1, -0.05) is 31.2 Å². The fourth-order valence-electron chi connectivity index (χ4n) is 2.05. The fourth-order valence-corrected chi connectivity index (χ4v) is 2.05. The summed E-state index contributed by atoms with van der Waals surface area (Å²) in [5.74, 6) is 0.00334. The predicted molar refractivity (Wildman–Crippen MR) is 83.9 cm³/mol. The van der Waals surface area contributed by atoms with Crippen LogP contribution in [0.3, 0.4) is 0 Å². The molecule has 0 aliphatic rings. The molecule has 3 nitrogen and oxygen atoms in total. The van der Waals surface area contributed by atoms with Crippen LogP contribution in [0.1, 0.15) is 30.0 Å². The van der Waals surface area contributed by atoms with Crippen LogP contribution >= 0.6 is 0 Å². The second-order valence-corrected chi connectivity index (χ2v) is 4.91. The van der Waals surface area contributed by atoms with Gasteiger partial charge in [0, 0.05) is 12.1 Å². The average molecular weight is 278 g/mol. The molecule has 106 valence electrons. The van der Waals surface area contributed by atoms with Gasteiger partial charge < -0.3 is 5.32 Å². The van der Waals surface area contributed by atoms with Crippen molar-refractivity contribution in [3.63, 3.8) is 0 Å². The molecule has 0 fully saturated rings. The van der Waals surface area contributed by atoms with Crippen molar-refractivity contribution in [3.05, 3.63) is 65.2 Å². The van der Waals surface area contributed by atoms with E-state index in [1.165, 1.54) is 5.56 Å². The average Bonchev–Trinajstić information content (AvgIpc) is 2.54. The zero-order valence-corrected chi connectivity index (χ0v) is 12.1. The van der Waals surface area contributed by atoms with Crippen LogP contribution in [0.15, 0.2) is 48.5 Å². The highest BCUT2D eigenvalue weighted by atomic mass is 16.1. The van der Waals surface area contributed by atoms with Gasteiger partial charge in [-0.2, -0.15) is 5.26 Å². The summed E-state index contributed by atoms with van der Waals surface area (Å²) in [6.07, 6.45) is 2.10. The summed E-state index contributed by atoms with van der Waals surface area (Å²) in [4.78, 5) is 11.9. The molecule has 3 heteroatoms. The van der Waals surface area contributed by atoms with E-state index < -0.39 is 0 Å². The van der Waals surface area contributed by atoms with Gasteiger partial charge in [-0.15, -0.1) is 0 Å². The number of nitriles is 1. The zero-order valence-electron chi connectivity index (χ0n) is 12.1. The summed E-state index contributed by atoms with van der Waals surface area (Å²) in [7, 11) is 0. The van der Waals surface area contributed by atoms with Gasteiger partial charge in [-0.25, -0.2) is 0 Å². The van der Waals surface area contributed by atoms with E-state index in [0.717, 1.165) is 17.7 Å². The highest BCUT2D eigenvalue weighted by Gasteiger charge is 2.03. The minimum absolute atomic E-state index is 0.00334. The Balaban J connectivity index is 1.84. The monoisotopic (exact) mass is 278 g/mol. The first-order chi connectivity index (χ1) is 10.2. The third-order valence-corrected chi connectivity index (χ3v) is 3.37. The molecule has 0 bridgehead atoms. The first-order valence-corrected chi connectivity index (χ1v) is 7.09. The van der Waals surface area contributed by atoms with Crippen molar-refractivity contribution in [2.24, 2.45) is 0 Å². The van der Waals surface area contributed by atoms with Crippen LogP contribution in [0.25, 0.3) is 0 Å². The third kappa shape index (κ3) is 4.47. The van der Waals surface area contributed by atoms with Gasteiger partial charge in [0.05, 0.1) is 11.6 Å². The molecule has 2 aromatic carbocycles. The number of nitrogens with zero attached hydrogens (tertiary/aromatic N) is 1. The summed E-state index contributed by atoms with van der Waals surface area (Å²) in [5, 5.41) is 11.6. The van der Waals surface area contributed by atoms with Crippen LogP contribution in [-0.2, 0) is 17.6 Å². The highest BCUT2D eigenvalue weighted by Crippen LogP contribution is 2.11. The molecule has 2 rings (SSSR count). The number of aryl methyl sites for hydroxylation is 2. The molecule has 1 amide bonds. The van der Waals surface area contributed by atoms with E-state index in [0.29, 0.717) is 18.4 Å². The maximum Gasteiger partial charge on any atom is 0.224 e. The highest BCUT2D eigenvalue weighted by molar-refractivity contribution is 5.90. The first kappa shape index (κ1) is 14.8. The number of rotatable bonds is 5. The van der Waals surface area contributed by atoms with Crippen molar-refractivity contribution < 1.29 is 4.79 Å². The van der Waals surface area contributed by atoms with Crippen molar-refractivity contribution in [3.8, 4) is 6.07 Å². The number of hydrogen-bond donors (Lipinski definition) is 1. The lowest BCUT2D eigenvalue weighted by atomic mass is 10.1. The predicted octanol–water partition coefficient (Wildman–Crippen LogP) is 3.69. The molecule has 0 aliphatic heterocycles. The van der Waals surface area contributed by atoms with Gasteiger partial charge in [0.2, 0.25) is 5.91 Å². The van der Waals surface area contributed by atoms with Crippen LogP contribution < -0.4 is 5.32 Å². The Hall–Kier alpha value is -2.60. The van der Waals surface area contributed by atoms with E-state index in [1.807, 2.05) is 36.4 Å². The van der Waals surface area contributed by atoms with Crippen LogP contribution in [-0.4, -0.2) is 5.91 Å². The third-order valence-electron chi connectivity index (χ3n) is 3.37. The van der Waals surface area contributed by atoms with Crippen LogP contribution in [0.2, 0.25) is 0 Å². The number of hydrogen-bond acceptors (Lipinski definition) is 2. The van der Waals surface area contributed by atoms with Gasteiger partial charge in [0.1, 0.15) is 0 Å². The lowest BCUT2D eigenvalue weighted by Crippen LogP contribution is -2.12. The van der Waals surface area contributed by atoms with Crippen molar-refractivity contribution in [2.75, 3.05) is 5.32 Å². The molecular weight excluding hydrogens is 260 g/mol. The summed E-state index contributed by atoms with van der Waals surface area (Å²) < 4.78 is 0.